The predicted octanol–water partition coefficient (Wildman–Crippen LogP) is 0.109. The lowest BCUT2D eigenvalue weighted by Gasteiger charge is -2.63. The van der Waals surface area contributed by atoms with Gasteiger partial charge in [0.15, 0.2) is 11.9 Å². The van der Waals surface area contributed by atoms with Crippen molar-refractivity contribution in [2.75, 3.05) is 13.7 Å². The maximum absolute atomic E-state index is 13.3. The van der Waals surface area contributed by atoms with E-state index in [1.165, 1.54) is 19.6 Å². The monoisotopic (exact) mass is 552 g/mol. The van der Waals surface area contributed by atoms with E-state index in [1.54, 1.807) is 12.1 Å². The highest BCUT2D eigenvalue weighted by atomic mass is 16.7. The molecular weight excluding hydrogens is 516 g/mol. The van der Waals surface area contributed by atoms with Gasteiger partial charge in [-0.3, -0.25) is 0 Å². The van der Waals surface area contributed by atoms with Gasteiger partial charge < -0.3 is 48.9 Å². The van der Waals surface area contributed by atoms with Crippen LogP contribution in [0, 0.1) is 16.7 Å². The summed E-state index contributed by atoms with van der Waals surface area (Å²) in [7, 11) is 1.26. The Kier molecular flexibility index (Phi) is 7.20. The molecule has 12 nitrogen and oxygen atoms in total. The van der Waals surface area contributed by atoms with Gasteiger partial charge in [-0.1, -0.05) is 13.8 Å². The largest absolute Gasteiger partial charge is 0.472 e. The Hall–Kier alpha value is -2.32. The second-order valence-electron chi connectivity index (χ2n) is 11.6. The van der Waals surface area contributed by atoms with Crippen LogP contribution in [0.5, 0.6) is 0 Å². The van der Waals surface area contributed by atoms with E-state index in [0.717, 1.165) is 0 Å². The van der Waals surface area contributed by atoms with Crippen molar-refractivity contribution in [1.29, 1.82) is 0 Å². The van der Waals surface area contributed by atoms with Crippen molar-refractivity contribution in [1.82, 2.24) is 0 Å². The number of cyclic esters (lactones) is 1. The number of fused-ring (bicyclic) bond motifs is 3. The first-order valence-corrected chi connectivity index (χ1v) is 13.1. The molecule has 0 radical (unpaired) electrons. The summed E-state index contributed by atoms with van der Waals surface area (Å²) in [6.07, 6.45) is -3.62. The summed E-state index contributed by atoms with van der Waals surface area (Å²) in [5.41, 5.74) is -2.77. The van der Waals surface area contributed by atoms with Crippen molar-refractivity contribution in [2.45, 2.75) is 88.0 Å². The highest BCUT2D eigenvalue weighted by Gasteiger charge is 2.69. The zero-order valence-electron chi connectivity index (χ0n) is 22.1. The number of hydrogen-bond acceptors (Lipinski definition) is 12. The molecule has 216 valence electrons. The lowest BCUT2D eigenvalue weighted by Crippen LogP contribution is -2.68. The van der Waals surface area contributed by atoms with Crippen molar-refractivity contribution in [2.24, 2.45) is 16.7 Å². The normalized spacial score (nSPS) is 45.9. The zero-order valence-corrected chi connectivity index (χ0v) is 22.1. The van der Waals surface area contributed by atoms with Crippen LogP contribution in [-0.4, -0.2) is 93.6 Å². The fourth-order valence-electron chi connectivity index (χ4n) is 7.21. The maximum atomic E-state index is 13.3. The minimum Gasteiger partial charge on any atom is -0.472 e. The van der Waals surface area contributed by atoms with Gasteiger partial charge in [-0.2, -0.15) is 0 Å². The third-order valence-corrected chi connectivity index (χ3v) is 9.60. The number of ether oxygens (including phenoxy) is 4. The molecule has 2 aliphatic carbocycles. The molecule has 1 saturated carbocycles. The van der Waals surface area contributed by atoms with Crippen LogP contribution in [0.4, 0.5) is 0 Å². The molecule has 0 amide bonds. The van der Waals surface area contributed by atoms with Crippen molar-refractivity contribution in [3.8, 4) is 0 Å². The predicted molar refractivity (Wildman–Crippen MR) is 129 cm³/mol. The lowest BCUT2D eigenvalue weighted by atomic mass is 9.44. The minimum atomic E-state index is -1.83. The summed E-state index contributed by atoms with van der Waals surface area (Å²) in [4.78, 5) is 26.4. The van der Waals surface area contributed by atoms with Gasteiger partial charge in [-0.05, 0) is 43.7 Å². The molecule has 0 aromatic carbocycles. The number of furan rings is 1. The molecule has 1 aromatic heterocycles. The zero-order chi connectivity index (χ0) is 28.3. The molecule has 4 aliphatic rings. The molecule has 1 aromatic rings. The molecule has 2 saturated heterocycles. The molecule has 0 unspecified atom stereocenters. The van der Waals surface area contributed by atoms with Crippen molar-refractivity contribution >= 4 is 11.9 Å². The van der Waals surface area contributed by atoms with Gasteiger partial charge in [-0.25, -0.2) is 9.59 Å². The molecular formula is C27H36O12. The van der Waals surface area contributed by atoms with Gasteiger partial charge in [-0.15, -0.1) is 0 Å². The molecule has 3 fully saturated rings. The molecule has 39 heavy (non-hydrogen) atoms. The molecule has 0 spiro atoms. The summed E-state index contributed by atoms with van der Waals surface area (Å²) in [6.45, 7) is 3.10. The Morgan fingerprint density at radius 3 is 2.54 bits per heavy atom. The Morgan fingerprint density at radius 2 is 1.90 bits per heavy atom. The second kappa shape index (κ2) is 9.95. The first kappa shape index (κ1) is 28.2. The average molecular weight is 553 g/mol. The number of methoxy groups -OCH3 is 1. The molecule has 3 heterocycles. The van der Waals surface area contributed by atoms with Gasteiger partial charge >= 0.3 is 11.9 Å². The summed E-state index contributed by atoms with van der Waals surface area (Å²) in [5, 5.41) is 52.3. The van der Waals surface area contributed by atoms with E-state index in [4.69, 9.17) is 23.4 Å². The highest BCUT2D eigenvalue weighted by Crippen LogP contribution is 2.66. The number of hydrogen-bond donors (Lipinski definition) is 5. The Balaban J connectivity index is 1.52. The van der Waals surface area contributed by atoms with Gasteiger partial charge in [0.25, 0.3) is 0 Å². The number of carbonyl (C=O) groups is 2. The SMILES string of the molecule is COC(=O)C1=C[C@H](O[C@@H]2O[C@H](CO)[C@@H](O)[C@H](O)[C@H]2O)C[C@@H]2[C@@]1(C)CC[C@]1(O)C(=O)O[C@H](c3ccoc3)C[C@@]21C. The third kappa shape index (κ3) is 4.24. The van der Waals surface area contributed by atoms with Crippen LogP contribution in [-0.2, 0) is 28.5 Å². The second-order valence-corrected chi connectivity index (χ2v) is 11.6. The van der Waals surface area contributed by atoms with Crippen molar-refractivity contribution in [3.05, 3.63) is 35.8 Å². The van der Waals surface area contributed by atoms with Crippen LogP contribution < -0.4 is 0 Å². The van der Waals surface area contributed by atoms with Gasteiger partial charge in [0.1, 0.15) is 30.5 Å². The van der Waals surface area contributed by atoms with E-state index < -0.39 is 83.8 Å². The van der Waals surface area contributed by atoms with Crippen LogP contribution in [0.1, 0.15) is 51.2 Å². The highest BCUT2D eigenvalue weighted by molar-refractivity contribution is 5.91. The average Bonchev–Trinajstić information content (AvgIpc) is 3.46. The van der Waals surface area contributed by atoms with E-state index >= 15 is 0 Å². The smallest absolute Gasteiger partial charge is 0.339 e. The molecule has 5 N–H and O–H groups in total. The van der Waals surface area contributed by atoms with E-state index in [0.29, 0.717) is 17.6 Å². The number of aliphatic hydroxyl groups is 5. The fourth-order valence-corrected chi connectivity index (χ4v) is 7.21. The standard InChI is InChI=1S/C27H36O12/c1-25-5-6-27(34)24(33)39-16(13-4-7-36-12-13)10-26(27,2)18(25)9-14(8-15(25)22(32)35-3)37-23-21(31)20(30)19(29)17(11-28)38-23/h4,7-8,12,14,16-21,23,28-31,34H,5-6,9-11H2,1-3H3/t14-,16-,17+,18+,19+,20-,21+,23+,25-,26-,27-/m0/s1. The molecule has 0 bridgehead atoms. The quantitative estimate of drug-likeness (QED) is 0.311. The lowest BCUT2D eigenvalue weighted by molar-refractivity contribution is -0.312. The Labute approximate surface area is 225 Å². The first-order chi connectivity index (χ1) is 18.4. The number of rotatable bonds is 5. The Bertz CT molecular complexity index is 1120. The van der Waals surface area contributed by atoms with Gasteiger partial charge in [0, 0.05) is 22.0 Å². The van der Waals surface area contributed by atoms with Crippen LogP contribution in [0.3, 0.4) is 0 Å². The molecule has 12 heteroatoms. The third-order valence-electron chi connectivity index (χ3n) is 9.60. The van der Waals surface area contributed by atoms with E-state index in [9.17, 15) is 35.1 Å². The van der Waals surface area contributed by atoms with Crippen LogP contribution in [0.2, 0.25) is 0 Å². The minimum absolute atomic E-state index is 0.0695. The van der Waals surface area contributed by atoms with Crippen molar-refractivity contribution in [3.63, 3.8) is 0 Å². The van der Waals surface area contributed by atoms with Crippen LogP contribution >= 0.6 is 0 Å². The van der Waals surface area contributed by atoms with Gasteiger partial charge in [0.2, 0.25) is 0 Å². The van der Waals surface area contributed by atoms with Crippen LogP contribution in [0.25, 0.3) is 0 Å². The summed E-state index contributed by atoms with van der Waals surface area (Å²) in [6, 6.07) is 1.69. The number of aliphatic hydroxyl groups excluding tert-OH is 4. The number of esters is 2. The molecule has 2 aliphatic heterocycles. The molecule has 11 atom stereocenters. The van der Waals surface area contributed by atoms with Crippen LogP contribution in [0.15, 0.2) is 34.7 Å². The first-order valence-electron chi connectivity index (χ1n) is 13.1. The maximum Gasteiger partial charge on any atom is 0.339 e. The number of carbonyl (C=O) groups excluding carboxylic acids is 2. The van der Waals surface area contributed by atoms with Gasteiger partial charge in [0.05, 0.1) is 32.3 Å². The topological polar surface area (TPSA) is 185 Å². The summed E-state index contributed by atoms with van der Waals surface area (Å²) < 4.78 is 27.6. The summed E-state index contributed by atoms with van der Waals surface area (Å²) >= 11 is 0. The van der Waals surface area contributed by atoms with Crippen molar-refractivity contribution < 1.29 is 58.5 Å². The summed E-state index contributed by atoms with van der Waals surface area (Å²) in [5.74, 6) is -1.84. The fraction of sp³-hybridized carbons (Fsp3) is 0.704. The van der Waals surface area contributed by atoms with E-state index in [2.05, 4.69) is 0 Å². The van der Waals surface area contributed by atoms with E-state index in [-0.39, 0.29) is 19.3 Å². The van der Waals surface area contributed by atoms with E-state index in [1.807, 2.05) is 13.8 Å². The Morgan fingerprint density at radius 1 is 1.15 bits per heavy atom. The molecule has 5 rings (SSSR count).